The number of carbonyl (C=O) groups is 2. The molecule has 0 unspecified atom stereocenters. The predicted octanol–water partition coefficient (Wildman–Crippen LogP) is 0.0916. The lowest BCUT2D eigenvalue weighted by Gasteiger charge is -2.34. The Labute approximate surface area is 131 Å². The van der Waals surface area contributed by atoms with Crippen LogP contribution >= 0.6 is 0 Å². The molecule has 0 atom stereocenters. The molecule has 0 aliphatic carbocycles. The quantitative estimate of drug-likeness (QED) is 0.756. The molecular weight excluding hydrogens is 280 g/mol. The predicted molar refractivity (Wildman–Crippen MR) is 86.3 cm³/mol. The fourth-order valence-corrected chi connectivity index (χ4v) is 2.53. The van der Waals surface area contributed by atoms with Crippen LogP contribution in [0.3, 0.4) is 0 Å². The number of carbonyl (C=O) groups excluding carboxylic acids is 2. The lowest BCUT2D eigenvalue weighted by atomic mass is 10.1. The van der Waals surface area contributed by atoms with Gasteiger partial charge in [-0.2, -0.15) is 0 Å². The van der Waals surface area contributed by atoms with Crippen molar-refractivity contribution in [2.24, 2.45) is 0 Å². The van der Waals surface area contributed by atoms with Gasteiger partial charge in [0, 0.05) is 38.4 Å². The highest BCUT2D eigenvalue weighted by atomic mass is 16.2. The van der Waals surface area contributed by atoms with Crippen molar-refractivity contribution in [3.63, 3.8) is 0 Å². The Kier molecular flexibility index (Phi) is 5.77. The molecule has 1 saturated heterocycles. The number of nitrogens with one attached hydrogen (secondary N) is 1. The Morgan fingerprint density at radius 2 is 1.77 bits per heavy atom. The molecule has 120 valence electrons. The van der Waals surface area contributed by atoms with Gasteiger partial charge < -0.3 is 16.0 Å². The Bertz CT molecular complexity index is 507. The number of hydrogen-bond donors (Lipinski definition) is 2. The van der Waals surface area contributed by atoms with E-state index >= 15 is 0 Å². The van der Waals surface area contributed by atoms with Gasteiger partial charge in [-0.3, -0.25) is 14.5 Å². The Hall–Kier alpha value is -2.08. The smallest absolute Gasteiger partial charge is 0.234 e. The van der Waals surface area contributed by atoms with Crippen LogP contribution in [-0.2, 0) is 16.0 Å². The van der Waals surface area contributed by atoms with Crippen molar-refractivity contribution in [1.29, 1.82) is 0 Å². The van der Waals surface area contributed by atoms with Crippen LogP contribution in [0.2, 0.25) is 0 Å². The topological polar surface area (TPSA) is 78.7 Å². The number of amides is 2. The van der Waals surface area contributed by atoms with E-state index in [-0.39, 0.29) is 11.8 Å². The molecule has 1 aliphatic heterocycles. The molecule has 1 heterocycles. The highest BCUT2D eigenvalue weighted by molar-refractivity contribution is 5.79. The summed E-state index contributed by atoms with van der Waals surface area (Å²) in [4.78, 5) is 27.8. The number of piperazine rings is 1. The van der Waals surface area contributed by atoms with Crippen LogP contribution in [0.1, 0.15) is 12.5 Å². The van der Waals surface area contributed by atoms with Gasteiger partial charge in [-0.1, -0.05) is 12.1 Å². The zero-order valence-corrected chi connectivity index (χ0v) is 13.0. The second-order valence-corrected chi connectivity index (χ2v) is 5.53. The van der Waals surface area contributed by atoms with Gasteiger partial charge in [0.15, 0.2) is 0 Å². The minimum absolute atomic E-state index is 0.0455. The fourth-order valence-electron chi connectivity index (χ4n) is 2.53. The van der Waals surface area contributed by atoms with Crippen LogP contribution in [0.15, 0.2) is 24.3 Å². The number of benzene rings is 1. The monoisotopic (exact) mass is 304 g/mol. The van der Waals surface area contributed by atoms with Crippen LogP contribution < -0.4 is 11.1 Å². The van der Waals surface area contributed by atoms with Crippen LogP contribution in [0.25, 0.3) is 0 Å². The first-order chi connectivity index (χ1) is 10.6. The molecule has 1 aliphatic rings. The maximum atomic E-state index is 12.3. The zero-order valence-electron chi connectivity index (χ0n) is 13.0. The standard InChI is InChI=1S/C16H24N4O2/c1-2-18-15(21)12-19-7-9-20(10-8-19)16(22)11-13-3-5-14(17)6-4-13/h3-6H,2,7-12,17H2,1H3,(H,18,21). The van der Waals surface area contributed by atoms with Gasteiger partial charge in [-0.15, -0.1) is 0 Å². The summed E-state index contributed by atoms with van der Waals surface area (Å²) in [7, 11) is 0. The number of likely N-dealkylation sites (N-methyl/N-ethyl adjacent to an activating group) is 1. The normalized spacial score (nSPS) is 15.6. The first-order valence-electron chi connectivity index (χ1n) is 7.69. The van der Waals surface area contributed by atoms with Crippen LogP contribution in [0.5, 0.6) is 0 Å². The van der Waals surface area contributed by atoms with Crippen LogP contribution in [-0.4, -0.2) is 60.9 Å². The molecule has 0 bridgehead atoms. The molecule has 1 aromatic carbocycles. The fraction of sp³-hybridized carbons (Fsp3) is 0.500. The van der Waals surface area contributed by atoms with Gasteiger partial charge >= 0.3 is 0 Å². The van der Waals surface area contributed by atoms with Crippen molar-refractivity contribution < 1.29 is 9.59 Å². The van der Waals surface area contributed by atoms with Crippen molar-refractivity contribution in [3.8, 4) is 0 Å². The molecule has 0 aromatic heterocycles. The average Bonchev–Trinajstić information content (AvgIpc) is 2.50. The summed E-state index contributed by atoms with van der Waals surface area (Å²) < 4.78 is 0. The number of nitrogens with two attached hydrogens (primary N) is 1. The lowest BCUT2D eigenvalue weighted by molar-refractivity contribution is -0.132. The van der Waals surface area contributed by atoms with E-state index in [4.69, 9.17) is 5.73 Å². The van der Waals surface area contributed by atoms with E-state index in [0.29, 0.717) is 38.3 Å². The first kappa shape index (κ1) is 16.3. The molecular formula is C16H24N4O2. The summed E-state index contributed by atoms with van der Waals surface area (Å²) in [6.07, 6.45) is 0.399. The second kappa shape index (κ2) is 7.79. The van der Waals surface area contributed by atoms with E-state index in [1.165, 1.54) is 0 Å². The third kappa shape index (κ3) is 4.73. The van der Waals surface area contributed by atoms with Gasteiger partial charge in [0.1, 0.15) is 0 Å². The summed E-state index contributed by atoms with van der Waals surface area (Å²) in [6.45, 7) is 5.80. The van der Waals surface area contributed by atoms with Gasteiger partial charge in [0.05, 0.1) is 13.0 Å². The maximum Gasteiger partial charge on any atom is 0.234 e. The van der Waals surface area contributed by atoms with Gasteiger partial charge in [-0.25, -0.2) is 0 Å². The van der Waals surface area contributed by atoms with E-state index in [0.717, 1.165) is 18.7 Å². The van der Waals surface area contributed by atoms with E-state index < -0.39 is 0 Å². The Morgan fingerprint density at radius 3 is 2.36 bits per heavy atom. The molecule has 2 amide bonds. The molecule has 6 nitrogen and oxygen atoms in total. The van der Waals surface area contributed by atoms with Crippen molar-refractivity contribution in [2.75, 3.05) is 45.0 Å². The highest BCUT2D eigenvalue weighted by Crippen LogP contribution is 2.09. The summed E-state index contributed by atoms with van der Waals surface area (Å²) in [5.41, 5.74) is 7.32. The molecule has 2 rings (SSSR count). The lowest BCUT2D eigenvalue weighted by Crippen LogP contribution is -2.51. The number of hydrogen-bond acceptors (Lipinski definition) is 4. The van der Waals surface area contributed by atoms with Crippen molar-refractivity contribution in [1.82, 2.24) is 15.1 Å². The second-order valence-electron chi connectivity index (χ2n) is 5.53. The number of nitrogens with zero attached hydrogens (tertiary/aromatic N) is 2. The number of anilines is 1. The molecule has 22 heavy (non-hydrogen) atoms. The van der Waals surface area contributed by atoms with E-state index in [2.05, 4.69) is 10.2 Å². The highest BCUT2D eigenvalue weighted by Gasteiger charge is 2.22. The first-order valence-corrected chi connectivity index (χ1v) is 7.69. The van der Waals surface area contributed by atoms with Crippen molar-refractivity contribution in [2.45, 2.75) is 13.3 Å². The average molecular weight is 304 g/mol. The summed E-state index contributed by atoms with van der Waals surface area (Å²) in [5, 5.41) is 2.79. The number of nitrogen functional groups attached to an aromatic ring is 1. The van der Waals surface area contributed by atoms with Gasteiger partial charge in [0.25, 0.3) is 0 Å². The third-order valence-corrected chi connectivity index (χ3v) is 3.80. The van der Waals surface area contributed by atoms with Gasteiger partial charge in [0.2, 0.25) is 11.8 Å². The largest absolute Gasteiger partial charge is 0.399 e. The van der Waals surface area contributed by atoms with Gasteiger partial charge in [-0.05, 0) is 24.6 Å². The molecule has 1 aromatic rings. The maximum absolute atomic E-state index is 12.3. The molecule has 3 N–H and O–H groups in total. The third-order valence-electron chi connectivity index (χ3n) is 3.80. The molecule has 0 spiro atoms. The van der Waals surface area contributed by atoms with Crippen molar-refractivity contribution >= 4 is 17.5 Å². The van der Waals surface area contributed by atoms with E-state index in [1.807, 2.05) is 36.1 Å². The minimum Gasteiger partial charge on any atom is -0.399 e. The van der Waals surface area contributed by atoms with E-state index in [9.17, 15) is 9.59 Å². The molecule has 1 fully saturated rings. The molecule has 0 saturated carbocycles. The summed E-state index contributed by atoms with van der Waals surface area (Å²) in [6, 6.07) is 7.40. The molecule has 6 heteroatoms. The van der Waals surface area contributed by atoms with Crippen LogP contribution in [0, 0.1) is 0 Å². The van der Waals surface area contributed by atoms with Crippen molar-refractivity contribution in [3.05, 3.63) is 29.8 Å². The number of rotatable bonds is 5. The van der Waals surface area contributed by atoms with Crippen LogP contribution in [0.4, 0.5) is 5.69 Å². The SMILES string of the molecule is CCNC(=O)CN1CCN(C(=O)Cc2ccc(N)cc2)CC1. The molecule has 0 radical (unpaired) electrons. The van der Waals surface area contributed by atoms with E-state index in [1.54, 1.807) is 0 Å². The summed E-state index contributed by atoms with van der Waals surface area (Å²) >= 11 is 0. The summed E-state index contributed by atoms with van der Waals surface area (Å²) in [5.74, 6) is 0.173. The zero-order chi connectivity index (χ0) is 15.9. The Morgan fingerprint density at radius 1 is 1.14 bits per heavy atom. The Balaban J connectivity index is 1.77. The minimum atomic E-state index is 0.0455.